The summed E-state index contributed by atoms with van der Waals surface area (Å²) in [4.78, 5) is 24.3. The summed E-state index contributed by atoms with van der Waals surface area (Å²) in [6.07, 6.45) is 3.73. The minimum Gasteiger partial charge on any atom is -0.469 e. The van der Waals surface area contributed by atoms with Gasteiger partial charge in [0, 0.05) is 12.6 Å². The third-order valence-electron chi connectivity index (χ3n) is 5.12. The van der Waals surface area contributed by atoms with Gasteiger partial charge in [-0.3, -0.25) is 4.79 Å². The van der Waals surface area contributed by atoms with Gasteiger partial charge in [-0.2, -0.15) is 0 Å². The summed E-state index contributed by atoms with van der Waals surface area (Å²) >= 11 is 0. The Balaban J connectivity index is 1.60. The molecule has 2 aliphatic rings. The van der Waals surface area contributed by atoms with Gasteiger partial charge in [0.05, 0.1) is 18.6 Å². The SMILES string of the molecule is COC(=O)C1CC2(CCCCO2)CC1NC(=O)OCc1ccccc1. The molecule has 136 valence electrons. The first-order chi connectivity index (χ1) is 12.1. The number of carbonyl (C=O) groups excluding carboxylic acids is 2. The molecule has 1 aliphatic heterocycles. The van der Waals surface area contributed by atoms with Gasteiger partial charge in [0.1, 0.15) is 6.61 Å². The molecule has 6 heteroatoms. The van der Waals surface area contributed by atoms with Crippen LogP contribution in [0.15, 0.2) is 30.3 Å². The minimum absolute atomic E-state index is 0.198. The lowest BCUT2D eigenvalue weighted by atomic mass is 9.91. The van der Waals surface area contributed by atoms with E-state index in [2.05, 4.69) is 5.32 Å². The van der Waals surface area contributed by atoms with Crippen molar-refractivity contribution >= 4 is 12.1 Å². The molecule has 1 amide bonds. The van der Waals surface area contributed by atoms with Crippen LogP contribution in [0.25, 0.3) is 0 Å². The molecule has 1 aromatic rings. The van der Waals surface area contributed by atoms with Crippen LogP contribution in [0.1, 0.15) is 37.7 Å². The highest BCUT2D eigenvalue weighted by molar-refractivity contribution is 5.76. The Kier molecular flexibility index (Phi) is 5.58. The fraction of sp³-hybridized carbons (Fsp3) is 0.579. The number of benzene rings is 1. The monoisotopic (exact) mass is 347 g/mol. The largest absolute Gasteiger partial charge is 0.469 e. The average Bonchev–Trinajstić information content (AvgIpc) is 2.98. The molecule has 0 aromatic heterocycles. The number of ether oxygens (including phenoxy) is 3. The summed E-state index contributed by atoms with van der Waals surface area (Å²) in [5.74, 6) is -0.702. The van der Waals surface area contributed by atoms with Gasteiger partial charge in [-0.05, 0) is 37.7 Å². The second-order valence-electron chi connectivity index (χ2n) is 6.84. The Bertz CT molecular complexity index is 597. The van der Waals surface area contributed by atoms with Crippen molar-refractivity contribution in [1.82, 2.24) is 5.32 Å². The molecule has 1 saturated heterocycles. The first-order valence-electron chi connectivity index (χ1n) is 8.81. The number of amides is 1. The van der Waals surface area contributed by atoms with Gasteiger partial charge < -0.3 is 19.5 Å². The molecule has 1 aliphatic carbocycles. The fourth-order valence-corrected chi connectivity index (χ4v) is 3.87. The maximum Gasteiger partial charge on any atom is 0.407 e. The van der Waals surface area contributed by atoms with Crippen LogP contribution in [-0.2, 0) is 25.6 Å². The molecule has 6 nitrogen and oxygen atoms in total. The van der Waals surface area contributed by atoms with Crippen LogP contribution in [0.4, 0.5) is 4.79 Å². The molecular weight excluding hydrogens is 322 g/mol. The minimum atomic E-state index is -0.518. The van der Waals surface area contributed by atoms with Crippen molar-refractivity contribution < 1.29 is 23.8 Å². The van der Waals surface area contributed by atoms with E-state index < -0.39 is 12.0 Å². The van der Waals surface area contributed by atoms with E-state index in [0.29, 0.717) is 19.4 Å². The molecule has 1 N–H and O–H groups in total. The number of alkyl carbamates (subject to hydrolysis) is 1. The zero-order valence-electron chi connectivity index (χ0n) is 14.5. The van der Waals surface area contributed by atoms with E-state index in [1.807, 2.05) is 30.3 Å². The number of rotatable bonds is 4. The molecule has 3 atom stereocenters. The van der Waals surface area contributed by atoms with Gasteiger partial charge in [-0.1, -0.05) is 30.3 Å². The van der Waals surface area contributed by atoms with Gasteiger partial charge in [-0.25, -0.2) is 4.79 Å². The van der Waals surface area contributed by atoms with Crippen molar-refractivity contribution in [1.29, 1.82) is 0 Å². The molecular formula is C19H25NO5. The predicted molar refractivity (Wildman–Crippen MR) is 90.8 cm³/mol. The Hall–Kier alpha value is -2.08. The summed E-state index contributed by atoms with van der Waals surface area (Å²) in [5.41, 5.74) is 0.592. The van der Waals surface area contributed by atoms with E-state index in [4.69, 9.17) is 14.2 Å². The lowest BCUT2D eigenvalue weighted by Crippen LogP contribution is -2.41. The van der Waals surface area contributed by atoms with E-state index in [-0.39, 0.29) is 24.2 Å². The Morgan fingerprint density at radius 3 is 2.72 bits per heavy atom. The summed E-state index contributed by atoms with van der Waals surface area (Å²) in [6.45, 7) is 0.906. The molecule has 1 spiro atoms. The van der Waals surface area contributed by atoms with Gasteiger partial charge in [0.15, 0.2) is 0 Å². The van der Waals surface area contributed by atoms with Crippen LogP contribution in [0.2, 0.25) is 0 Å². The second kappa shape index (κ2) is 7.87. The molecule has 0 radical (unpaired) electrons. The highest BCUT2D eigenvalue weighted by Crippen LogP contribution is 2.43. The van der Waals surface area contributed by atoms with E-state index in [0.717, 1.165) is 24.8 Å². The topological polar surface area (TPSA) is 73.9 Å². The van der Waals surface area contributed by atoms with Crippen molar-refractivity contribution in [2.45, 2.75) is 50.4 Å². The van der Waals surface area contributed by atoms with Gasteiger partial charge in [-0.15, -0.1) is 0 Å². The maximum absolute atomic E-state index is 12.2. The van der Waals surface area contributed by atoms with Crippen molar-refractivity contribution in [2.24, 2.45) is 5.92 Å². The molecule has 2 fully saturated rings. The number of hydrogen-bond acceptors (Lipinski definition) is 5. The van der Waals surface area contributed by atoms with Crippen LogP contribution in [-0.4, -0.2) is 37.4 Å². The third kappa shape index (κ3) is 4.31. The average molecular weight is 347 g/mol. The standard InChI is InChI=1S/C19H25NO5/c1-23-17(21)15-11-19(9-5-6-10-25-19)12-16(15)20-18(22)24-13-14-7-3-2-4-8-14/h2-4,7-8,15-16H,5-6,9-13H2,1H3,(H,20,22). The van der Waals surface area contributed by atoms with E-state index in [9.17, 15) is 9.59 Å². The number of carbonyl (C=O) groups is 2. The lowest BCUT2D eigenvalue weighted by Gasteiger charge is -2.33. The Labute approximate surface area is 147 Å². The highest BCUT2D eigenvalue weighted by atomic mass is 16.5. The molecule has 1 heterocycles. The lowest BCUT2D eigenvalue weighted by molar-refractivity contribution is -0.147. The van der Waals surface area contributed by atoms with E-state index in [1.165, 1.54) is 7.11 Å². The first kappa shape index (κ1) is 17.7. The highest BCUT2D eigenvalue weighted by Gasteiger charge is 2.50. The number of hydrogen-bond donors (Lipinski definition) is 1. The van der Waals surface area contributed by atoms with Crippen molar-refractivity contribution in [3.63, 3.8) is 0 Å². The summed E-state index contributed by atoms with van der Waals surface area (Å²) in [6, 6.07) is 9.16. The summed E-state index contributed by atoms with van der Waals surface area (Å²) in [7, 11) is 1.37. The third-order valence-corrected chi connectivity index (χ3v) is 5.12. The predicted octanol–water partition coefficient (Wildman–Crippen LogP) is 2.80. The molecule has 3 rings (SSSR count). The van der Waals surface area contributed by atoms with Crippen LogP contribution >= 0.6 is 0 Å². The van der Waals surface area contributed by atoms with Crippen LogP contribution in [0.5, 0.6) is 0 Å². The zero-order chi connectivity index (χ0) is 17.7. The number of methoxy groups -OCH3 is 1. The number of nitrogens with one attached hydrogen (secondary N) is 1. The first-order valence-corrected chi connectivity index (χ1v) is 8.81. The van der Waals surface area contributed by atoms with Crippen molar-refractivity contribution in [2.75, 3.05) is 13.7 Å². The molecule has 3 unspecified atom stereocenters. The Morgan fingerprint density at radius 1 is 1.24 bits per heavy atom. The van der Waals surface area contributed by atoms with Crippen LogP contribution in [0.3, 0.4) is 0 Å². The van der Waals surface area contributed by atoms with Crippen LogP contribution in [0, 0.1) is 5.92 Å². The van der Waals surface area contributed by atoms with Crippen molar-refractivity contribution in [3.05, 3.63) is 35.9 Å². The Morgan fingerprint density at radius 2 is 2.04 bits per heavy atom. The molecule has 0 bridgehead atoms. The molecule has 25 heavy (non-hydrogen) atoms. The second-order valence-corrected chi connectivity index (χ2v) is 6.84. The van der Waals surface area contributed by atoms with Crippen LogP contribution < -0.4 is 5.32 Å². The normalized spacial score (nSPS) is 28.5. The molecule has 1 aromatic carbocycles. The maximum atomic E-state index is 12.2. The van der Waals surface area contributed by atoms with E-state index >= 15 is 0 Å². The smallest absolute Gasteiger partial charge is 0.407 e. The molecule has 1 saturated carbocycles. The van der Waals surface area contributed by atoms with Gasteiger partial charge in [0.25, 0.3) is 0 Å². The summed E-state index contributed by atoms with van der Waals surface area (Å²) in [5, 5.41) is 2.84. The van der Waals surface area contributed by atoms with Crippen molar-refractivity contribution in [3.8, 4) is 0 Å². The summed E-state index contributed by atoms with van der Waals surface area (Å²) < 4.78 is 16.2. The number of esters is 1. The fourth-order valence-electron chi connectivity index (χ4n) is 3.87. The van der Waals surface area contributed by atoms with E-state index in [1.54, 1.807) is 0 Å². The van der Waals surface area contributed by atoms with Gasteiger partial charge >= 0.3 is 12.1 Å². The zero-order valence-corrected chi connectivity index (χ0v) is 14.5. The van der Waals surface area contributed by atoms with Gasteiger partial charge in [0.2, 0.25) is 0 Å². The quantitative estimate of drug-likeness (QED) is 0.848.